The third kappa shape index (κ3) is 3.05. The summed E-state index contributed by atoms with van der Waals surface area (Å²) >= 11 is 0. The number of benzene rings is 2. The molecule has 0 saturated carbocycles. The smallest absolute Gasteiger partial charge is 0.118 e. The maximum Gasteiger partial charge on any atom is 0.118 e. The lowest BCUT2D eigenvalue weighted by molar-refractivity contribution is 0.415. The van der Waals surface area contributed by atoms with E-state index >= 15 is 0 Å². The molecule has 0 aliphatic carbocycles. The van der Waals surface area contributed by atoms with E-state index in [1.807, 2.05) is 12.1 Å². The Labute approximate surface area is 148 Å². The van der Waals surface area contributed by atoms with Gasteiger partial charge in [-0.05, 0) is 43.3 Å². The van der Waals surface area contributed by atoms with Crippen molar-refractivity contribution in [2.24, 2.45) is 0 Å². The molecule has 1 saturated heterocycles. The first-order valence-electron chi connectivity index (χ1n) is 8.78. The fraction of sp³-hybridized carbons (Fsp3) is 0.286. The largest absolute Gasteiger partial charge is 0.497 e. The Morgan fingerprint density at radius 2 is 1.92 bits per heavy atom. The van der Waals surface area contributed by atoms with Gasteiger partial charge in [-0.1, -0.05) is 18.2 Å². The first-order valence-corrected chi connectivity index (χ1v) is 8.78. The van der Waals surface area contributed by atoms with Crippen LogP contribution in [0.1, 0.15) is 6.92 Å². The van der Waals surface area contributed by atoms with Crippen LogP contribution in [-0.2, 0) is 0 Å². The van der Waals surface area contributed by atoms with Crippen molar-refractivity contribution >= 4 is 16.6 Å². The van der Waals surface area contributed by atoms with Crippen LogP contribution in [0.3, 0.4) is 0 Å². The Balaban J connectivity index is 1.85. The summed E-state index contributed by atoms with van der Waals surface area (Å²) in [5.41, 5.74) is 4.42. The molecule has 0 spiro atoms. The Morgan fingerprint density at radius 3 is 2.68 bits per heavy atom. The molecule has 0 unspecified atom stereocenters. The first-order chi connectivity index (χ1) is 12.3. The molecular weight excluding hydrogens is 310 g/mol. The van der Waals surface area contributed by atoms with Gasteiger partial charge in [0, 0.05) is 42.3 Å². The summed E-state index contributed by atoms with van der Waals surface area (Å²) in [4.78, 5) is 7.39. The zero-order valence-corrected chi connectivity index (χ0v) is 14.7. The number of fused-ring (bicyclic) bond motifs is 1. The van der Waals surface area contributed by atoms with Crippen molar-refractivity contribution < 1.29 is 4.74 Å². The molecule has 3 aromatic rings. The van der Waals surface area contributed by atoms with E-state index in [1.54, 1.807) is 7.11 Å². The van der Waals surface area contributed by atoms with Crippen LogP contribution in [0.15, 0.2) is 54.6 Å². The van der Waals surface area contributed by atoms with E-state index in [0.29, 0.717) is 6.04 Å². The van der Waals surface area contributed by atoms with Gasteiger partial charge in [0.25, 0.3) is 0 Å². The summed E-state index contributed by atoms with van der Waals surface area (Å²) in [5.74, 6) is 0.862. The number of para-hydroxylation sites is 1. The van der Waals surface area contributed by atoms with Crippen molar-refractivity contribution in [1.29, 1.82) is 0 Å². The predicted octanol–water partition coefficient (Wildman–Crippen LogP) is 3.71. The van der Waals surface area contributed by atoms with Crippen LogP contribution in [0.4, 0.5) is 5.69 Å². The van der Waals surface area contributed by atoms with Crippen LogP contribution in [0.5, 0.6) is 5.75 Å². The summed E-state index contributed by atoms with van der Waals surface area (Å²) in [7, 11) is 1.69. The molecule has 1 fully saturated rings. The van der Waals surface area contributed by atoms with Gasteiger partial charge in [0.2, 0.25) is 0 Å². The van der Waals surface area contributed by atoms with E-state index < -0.39 is 0 Å². The minimum Gasteiger partial charge on any atom is -0.497 e. The minimum atomic E-state index is 0.461. The number of ether oxygens (including phenoxy) is 1. The molecule has 128 valence electrons. The molecular formula is C21H23N3O. The van der Waals surface area contributed by atoms with E-state index in [9.17, 15) is 0 Å². The molecule has 0 bridgehead atoms. The highest BCUT2D eigenvalue weighted by atomic mass is 16.5. The van der Waals surface area contributed by atoms with Gasteiger partial charge in [-0.2, -0.15) is 0 Å². The molecule has 1 aromatic heterocycles. The van der Waals surface area contributed by atoms with Gasteiger partial charge in [-0.3, -0.25) is 0 Å². The number of anilines is 1. The van der Waals surface area contributed by atoms with E-state index in [2.05, 4.69) is 59.6 Å². The maximum absolute atomic E-state index is 5.27. The molecule has 0 amide bonds. The molecule has 0 radical (unpaired) electrons. The lowest BCUT2D eigenvalue weighted by atomic mass is 10.0. The average molecular weight is 333 g/mol. The van der Waals surface area contributed by atoms with E-state index in [1.165, 1.54) is 11.1 Å². The standard InChI is InChI=1S/C21H23N3O/c1-15-14-22-11-12-24(15)21-13-20(16-7-9-17(25-2)10-8-16)23-19-6-4-3-5-18(19)21/h3-10,13,15,22H,11-12,14H2,1-2H3/t15-/m0/s1. The summed E-state index contributed by atoms with van der Waals surface area (Å²) in [6, 6.07) is 19.2. The molecule has 4 nitrogen and oxygen atoms in total. The van der Waals surface area contributed by atoms with Gasteiger partial charge < -0.3 is 15.0 Å². The lowest BCUT2D eigenvalue weighted by Gasteiger charge is -2.36. The highest BCUT2D eigenvalue weighted by molar-refractivity contribution is 5.94. The number of piperazine rings is 1. The van der Waals surface area contributed by atoms with Crippen molar-refractivity contribution in [3.05, 3.63) is 54.6 Å². The number of nitrogens with one attached hydrogen (secondary N) is 1. The number of rotatable bonds is 3. The fourth-order valence-corrected chi connectivity index (χ4v) is 3.50. The average Bonchev–Trinajstić information content (AvgIpc) is 2.68. The zero-order chi connectivity index (χ0) is 17.2. The van der Waals surface area contributed by atoms with Gasteiger partial charge in [-0.15, -0.1) is 0 Å². The molecule has 1 aliphatic heterocycles. The topological polar surface area (TPSA) is 37.4 Å². The SMILES string of the molecule is COc1ccc(-c2cc(N3CCNC[C@@H]3C)c3ccccc3n2)cc1. The first kappa shape index (κ1) is 15.9. The van der Waals surface area contributed by atoms with Crippen LogP contribution in [0.25, 0.3) is 22.2 Å². The molecule has 1 aliphatic rings. The van der Waals surface area contributed by atoms with Crippen LogP contribution < -0.4 is 15.0 Å². The molecule has 4 rings (SSSR count). The second kappa shape index (κ2) is 6.73. The second-order valence-corrected chi connectivity index (χ2v) is 6.52. The van der Waals surface area contributed by atoms with Crippen LogP contribution in [0, 0.1) is 0 Å². The Hall–Kier alpha value is -2.59. The van der Waals surface area contributed by atoms with Gasteiger partial charge in [-0.25, -0.2) is 4.98 Å². The number of nitrogens with zero attached hydrogens (tertiary/aromatic N) is 2. The summed E-state index contributed by atoms with van der Waals surface area (Å²) in [6.07, 6.45) is 0. The highest BCUT2D eigenvalue weighted by Gasteiger charge is 2.21. The van der Waals surface area contributed by atoms with Gasteiger partial charge in [0.15, 0.2) is 0 Å². The lowest BCUT2D eigenvalue weighted by Crippen LogP contribution is -2.50. The third-order valence-corrected chi connectivity index (χ3v) is 4.89. The van der Waals surface area contributed by atoms with Crippen molar-refractivity contribution in [2.45, 2.75) is 13.0 Å². The summed E-state index contributed by atoms with van der Waals surface area (Å²) < 4.78 is 5.27. The number of hydrogen-bond acceptors (Lipinski definition) is 4. The number of hydrogen-bond donors (Lipinski definition) is 1. The van der Waals surface area contributed by atoms with Crippen LogP contribution >= 0.6 is 0 Å². The fourth-order valence-electron chi connectivity index (χ4n) is 3.50. The predicted molar refractivity (Wildman–Crippen MR) is 103 cm³/mol. The molecule has 2 heterocycles. The van der Waals surface area contributed by atoms with E-state index in [-0.39, 0.29) is 0 Å². The Bertz CT molecular complexity index is 876. The molecule has 4 heteroatoms. The van der Waals surface area contributed by atoms with Crippen molar-refractivity contribution in [3.63, 3.8) is 0 Å². The molecule has 25 heavy (non-hydrogen) atoms. The Morgan fingerprint density at radius 1 is 1.12 bits per heavy atom. The van der Waals surface area contributed by atoms with Crippen molar-refractivity contribution in [1.82, 2.24) is 10.3 Å². The van der Waals surface area contributed by atoms with Gasteiger partial charge in [0.1, 0.15) is 5.75 Å². The van der Waals surface area contributed by atoms with Gasteiger partial charge >= 0.3 is 0 Å². The molecule has 1 N–H and O–H groups in total. The number of aromatic nitrogens is 1. The molecule has 2 aromatic carbocycles. The maximum atomic E-state index is 5.27. The minimum absolute atomic E-state index is 0.461. The summed E-state index contributed by atoms with van der Waals surface area (Å²) in [5, 5.41) is 4.69. The quantitative estimate of drug-likeness (QED) is 0.793. The van der Waals surface area contributed by atoms with E-state index in [4.69, 9.17) is 9.72 Å². The number of pyridine rings is 1. The van der Waals surface area contributed by atoms with Gasteiger partial charge in [0.05, 0.1) is 18.3 Å². The third-order valence-electron chi connectivity index (χ3n) is 4.89. The van der Waals surface area contributed by atoms with Crippen molar-refractivity contribution in [3.8, 4) is 17.0 Å². The monoisotopic (exact) mass is 333 g/mol. The zero-order valence-electron chi connectivity index (χ0n) is 14.7. The normalized spacial score (nSPS) is 17.7. The second-order valence-electron chi connectivity index (χ2n) is 6.52. The highest BCUT2D eigenvalue weighted by Crippen LogP contribution is 2.32. The van der Waals surface area contributed by atoms with Crippen LogP contribution in [-0.4, -0.2) is 37.8 Å². The Kier molecular flexibility index (Phi) is 4.28. The van der Waals surface area contributed by atoms with Crippen molar-refractivity contribution in [2.75, 3.05) is 31.6 Å². The van der Waals surface area contributed by atoms with E-state index in [0.717, 1.165) is 42.2 Å². The van der Waals surface area contributed by atoms with Crippen LogP contribution in [0.2, 0.25) is 0 Å². The summed E-state index contributed by atoms with van der Waals surface area (Å²) in [6.45, 7) is 5.30. The number of methoxy groups -OCH3 is 1. The molecule has 1 atom stereocenters.